The van der Waals surface area contributed by atoms with Crippen LogP contribution in [0.25, 0.3) is 0 Å². The van der Waals surface area contributed by atoms with Crippen LogP contribution in [0.15, 0.2) is 0 Å². The molecular weight excluding hydrogens is 617 g/mol. The summed E-state index contributed by atoms with van der Waals surface area (Å²) in [4.78, 5) is 24.9. The fourth-order valence-corrected chi connectivity index (χ4v) is 7.67. The van der Waals surface area contributed by atoms with E-state index >= 15 is 0 Å². The van der Waals surface area contributed by atoms with Gasteiger partial charge in [0.05, 0.1) is 0 Å². The number of nitrogens with one attached hydrogen (secondary N) is 4. The van der Waals surface area contributed by atoms with Crippen molar-refractivity contribution in [3.63, 3.8) is 0 Å². The third-order valence-corrected chi connectivity index (χ3v) is 11.0. The lowest BCUT2D eigenvalue weighted by Crippen LogP contribution is -2.50. The first-order valence-corrected chi connectivity index (χ1v) is 22.7. The molecule has 0 saturated heterocycles. The highest BCUT2D eigenvalue weighted by Crippen LogP contribution is 2.19. The highest BCUT2D eigenvalue weighted by Gasteiger charge is 2.24. The van der Waals surface area contributed by atoms with Crippen LogP contribution in [0.3, 0.4) is 0 Å². The summed E-state index contributed by atoms with van der Waals surface area (Å²) in [6.45, 7) is 6.08. The number of hydrogen-bond donors (Lipinski definition) is 4. The van der Waals surface area contributed by atoms with Crippen LogP contribution in [0, 0.1) is 0 Å². The normalized spacial score (nSPS) is 16.0. The summed E-state index contributed by atoms with van der Waals surface area (Å²) < 4.78 is 0. The second kappa shape index (κ2) is 37.3. The number of amides is 4. The highest BCUT2D eigenvalue weighted by atomic mass is 16.2. The Morgan fingerprint density at radius 1 is 0.380 bits per heavy atom. The minimum Gasteiger partial charge on any atom is -0.338 e. The zero-order valence-corrected chi connectivity index (χ0v) is 33.8. The maximum Gasteiger partial charge on any atom is 0.315 e. The average molecular weight is 705 g/mol. The molecule has 1 fully saturated rings. The first kappa shape index (κ1) is 46.6. The molecule has 0 radical (unpaired) electrons. The molecule has 6 heteroatoms. The molecule has 1 rings (SSSR count). The molecule has 0 unspecified atom stereocenters. The van der Waals surface area contributed by atoms with Gasteiger partial charge in [-0.3, -0.25) is 0 Å². The van der Waals surface area contributed by atoms with Crippen molar-refractivity contribution >= 4 is 12.1 Å². The molecule has 0 bridgehead atoms. The molecule has 2 atom stereocenters. The molecule has 1 aliphatic carbocycles. The summed E-state index contributed by atoms with van der Waals surface area (Å²) in [5.41, 5.74) is 0. The van der Waals surface area contributed by atoms with E-state index in [1.807, 2.05) is 0 Å². The summed E-state index contributed by atoms with van der Waals surface area (Å²) in [6, 6.07) is 0.175. The Bertz CT molecular complexity index is 675. The Morgan fingerprint density at radius 3 is 0.880 bits per heavy atom. The molecule has 0 aliphatic heterocycles. The third-order valence-electron chi connectivity index (χ3n) is 11.0. The second-order valence-electron chi connectivity index (χ2n) is 16.0. The van der Waals surface area contributed by atoms with Gasteiger partial charge in [0.15, 0.2) is 0 Å². The fraction of sp³-hybridized carbons (Fsp3) is 0.955. The lowest BCUT2D eigenvalue weighted by atomic mass is 9.91. The molecule has 0 heterocycles. The maximum atomic E-state index is 12.5. The average Bonchev–Trinajstić information content (AvgIpc) is 3.11. The summed E-state index contributed by atoms with van der Waals surface area (Å²) in [5, 5.41) is 12.4. The predicted molar refractivity (Wildman–Crippen MR) is 218 cm³/mol. The van der Waals surface area contributed by atoms with Crippen molar-refractivity contribution in [1.29, 1.82) is 0 Å². The van der Waals surface area contributed by atoms with Gasteiger partial charge in [-0.25, -0.2) is 9.59 Å². The van der Waals surface area contributed by atoms with Gasteiger partial charge in [-0.15, -0.1) is 0 Å². The van der Waals surface area contributed by atoms with Crippen molar-refractivity contribution in [1.82, 2.24) is 21.3 Å². The van der Waals surface area contributed by atoms with E-state index in [2.05, 4.69) is 35.1 Å². The second-order valence-corrected chi connectivity index (χ2v) is 16.0. The van der Waals surface area contributed by atoms with Crippen LogP contribution in [0.2, 0.25) is 0 Å². The standard InChI is InChI=1S/C44H88N4O2/c1-3-5-7-9-11-13-15-17-19-21-23-25-27-29-31-33-38-45-43(49)47-41-36-35-37-42(40-41)48-44(50)46-39-34-32-30-28-26-24-22-20-18-16-14-12-10-8-6-4-2/h41-42H,3-40H2,1-2H3,(H2,45,47,49)(H2,46,48,50)/t41-,42-/m0/s1. The fourth-order valence-electron chi connectivity index (χ4n) is 7.67. The first-order chi connectivity index (χ1) is 24.7. The number of rotatable bonds is 36. The molecule has 296 valence electrons. The zero-order chi connectivity index (χ0) is 36.0. The van der Waals surface area contributed by atoms with E-state index in [-0.39, 0.29) is 24.1 Å². The number of carbonyl (C=O) groups excluding carboxylic acids is 2. The lowest BCUT2D eigenvalue weighted by molar-refractivity contribution is 0.221. The molecule has 1 aliphatic rings. The first-order valence-electron chi connectivity index (χ1n) is 22.7. The van der Waals surface area contributed by atoms with Crippen LogP contribution in [0.4, 0.5) is 9.59 Å². The molecule has 1 saturated carbocycles. The minimum atomic E-state index is -0.0513. The van der Waals surface area contributed by atoms with E-state index in [1.54, 1.807) is 0 Å². The number of urea groups is 2. The van der Waals surface area contributed by atoms with Crippen molar-refractivity contribution in [2.45, 2.75) is 257 Å². The Hall–Kier alpha value is -1.46. The van der Waals surface area contributed by atoms with E-state index in [0.29, 0.717) is 0 Å². The van der Waals surface area contributed by atoms with Gasteiger partial charge in [0.25, 0.3) is 0 Å². The van der Waals surface area contributed by atoms with Gasteiger partial charge in [-0.1, -0.05) is 206 Å². The van der Waals surface area contributed by atoms with Gasteiger partial charge >= 0.3 is 12.1 Å². The monoisotopic (exact) mass is 705 g/mol. The number of unbranched alkanes of at least 4 members (excludes halogenated alkanes) is 30. The van der Waals surface area contributed by atoms with Crippen molar-refractivity contribution < 1.29 is 9.59 Å². The maximum absolute atomic E-state index is 12.5. The van der Waals surface area contributed by atoms with E-state index in [9.17, 15) is 9.59 Å². The largest absolute Gasteiger partial charge is 0.338 e. The zero-order valence-electron chi connectivity index (χ0n) is 33.8. The Balaban J connectivity index is 1.87. The van der Waals surface area contributed by atoms with Crippen LogP contribution >= 0.6 is 0 Å². The molecule has 6 nitrogen and oxygen atoms in total. The molecule has 0 aromatic heterocycles. The summed E-state index contributed by atoms with van der Waals surface area (Å²) in [6.07, 6.45) is 47.4. The molecule has 0 aromatic carbocycles. The van der Waals surface area contributed by atoms with Crippen molar-refractivity contribution in [3.05, 3.63) is 0 Å². The Morgan fingerprint density at radius 2 is 0.620 bits per heavy atom. The summed E-state index contributed by atoms with van der Waals surface area (Å²) >= 11 is 0. The SMILES string of the molecule is CCCCCCCCCCCCCCCCCCNC(=O)N[C@H]1CCC[C@H](NC(=O)NCCCCCCCCCCCCCCCCCC)C1. The highest BCUT2D eigenvalue weighted by molar-refractivity contribution is 5.75. The van der Waals surface area contributed by atoms with E-state index in [4.69, 9.17) is 0 Å². The summed E-state index contributed by atoms with van der Waals surface area (Å²) in [5.74, 6) is 0. The number of hydrogen-bond acceptors (Lipinski definition) is 2. The number of carbonyl (C=O) groups is 2. The van der Waals surface area contributed by atoms with Gasteiger partial charge in [-0.05, 0) is 38.5 Å². The van der Waals surface area contributed by atoms with E-state index in [0.717, 1.165) is 51.6 Å². The summed E-state index contributed by atoms with van der Waals surface area (Å²) in [7, 11) is 0. The quantitative estimate of drug-likeness (QED) is 0.0490. The lowest BCUT2D eigenvalue weighted by Gasteiger charge is -2.30. The molecule has 50 heavy (non-hydrogen) atoms. The van der Waals surface area contributed by atoms with Gasteiger partial charge in [0, 0.05) is 25.2 Å². The smallest absolute Gasteiger partial charge is 0.315 e. The Kier molecular flexibility index (Phi) is 34.7. The molecule has 0 aromatic rings. The predicted octanol–water partition coefficient (Wildman–Crippen LogP) is 13.4. The topological polar surface area (TPSA) is 82.3 Å². The van der Waals surface area contributed by atoms with Crippen LogP contribution < -0.4 is 21.3 Å². The van der Waals surface area contributed by atoms with Crippen LogP contribution in [0.5, 0.6) is 0 Å². The van der Waals surface area contributed by atoms with Gasteiger partial charge in [0.2, 0.25) is 0 Å². The van der Waals surface area contributed by atoms with Crippen LogP contribution in [0.1, 0.15) is 245 Å². The molecule has 4 N–H and O–H groups in total. The minimum absolute atomic E-state index is 0.0513. The van der Waals surface area contributed by atoms with Crippen molar-refractivity contribution in [3.8, 4) is 0 Å². The third kappa shape index (κ3) is 32.4. The van der Waals surface area contributed by atoms with Crippen LogP contribution in [-0.4, -0.2) is 37.2 Å². The van der Waals surface area contributed by atoms with Gasteiger partial charge in [0.1, 0.15) is 0 Å². The van der Waals surface area contributed by atoms with E-state index < -0.39 is 0 Å². The molecule has 0 spiro atoms. The van der Waals surface area contributed by atoms with Gasteiger partial charge in [-0.2, -0.15) is 0 Å². The van der Waals surface area contributed by atoms with E-state index in [1.165, 1.54) is 193 Å². The molecule has 4 amide bonds. The van der Waals surface area contributed by atoms with Gasteiger partial charge < -0.3 is 21.3 Å². The molecular formula is C44H88N4O2. The van der Waals surface area contributed by atoms with Crippen molar-refractivity contribution in [2.75, 3.05) is 13.1 Å². The van der Waals surface area contributed by atoms with Crippen molar-refractivity contribution in [2.24, 2.45) is 0 Å². The van der Waals surface area contributed by atoms with Crippen LogP contribution in [-0.2, 0) is 0 Å². The Labute approximate surface area is 312 Å².